The Morgan fingerprint density at radius 3 is 3.17 bits per heavy atom. The highest BCUT2D eigenvalue weighted by Gasteiger charge is 2.31. The molecule has 1 fully saturated rings. The van der Waals surface area contributed by atoms with Gasteiger partial charge < -0.3 is 9.64 Å². The number of methoxy groups -OCH3 is 1. The minimum absolute atomic E-state index is 0.0250. The molecule has 3 rings (SSSR count). The van der Waals surface area contributed by atoms with E-state index < -0.39 is 0 Å². The Kier molecular flexibility index (Phi) is 3.18. The van der Waals surface area contributed by atoms with Crippen LogP contribution in [0.25, 0.3) is 0 Å². The van der Waals surface area contributed by atoms with E-state index in [0.717, 1.165) is 36.0 Å². The standard InChI is InChI=1S/C13H16N2O2S/c1-17-10-2-3-12-9(6-10)4-5-15(12)13(16)11-7-18-8-14-11/h2-3,6,11,14H,4-5,7-8H2,1H3. The molecule has 1 amide bonds. The summed E-state index contributed by atoms with van der Waals surface area (Å²) in [4.78, 5) is 14.3. The van der Waals surface area contributed by atoms with Crippen molar-refractivity contribution >= 4 is 23.4 Å². The first-order chi connectivity index (χ1) is 8.79. The molecule has 1 unspecified atom stereocenters. The van der Waals surface area contributed by atoms with Gasteiger partial charge in [-0.1, -0.05) is 0 Å². The predicted molar refractivity (Wildman–Crippen MR) is 73.3 cm³/mol. The van der Waals surface area contributed by atoms with Crippen LogP contribution in [-0.2, 0) is 11.2 Å². The minimum atomic E-state index is -0.0250. The van der Waals surface area contributed by atoms with Crippen LogP contribution in [0.1, 0.15) is 5.56 Å². The molecule has 0 aromatic heterocycles. The van der Waals surface area contributed by atoms with E-state index in [2.05, 4.69) is 5.32 Å². The Hall–Kier alpha value is -1.20. The summed E-state index contributed by atoms with van der Waals surface area (Å²) in [5.74, 6) is 2.81. The topological polar surface area (TPSA) is 41.6 Å². The summed E-state index contributed by atoms with van der Waals surface area (Å²) in [7, 11) is 1.67. The molecule has 1 aromatic rings. The summed E-state index contributed by atoms with van der Waals surface area (Å²) in [6.45, 7) is 0.782. The molecule has 0 radical (unpaired) electrons. The van der Waals surface area contributed by atoms with E-state index in [9.17, 15) is 4.79 Å². The molecule has 2 heterocycles. The summed E-state index contributed by atoms with van der Waals surface area (Å²) in [6.07, 6.45) is 0.915. The zero-order valence-electron chi connectivity index (χ0n) is 10.3. The van der Waals surface area contributed by atoms with Gasteiger partial charge in [0.15, 0.2) is 0 Å². The fourth-order valence-corrected chi connectivity index (χ4v) is 3.41. The number of benzene rings is 1. The molecule has 5 heteroatoms. The van der Waals surface area contributed by atoms with Gasteiger partial charge in [-0.3, -0.25) is 10.1 Å². The van der Waals surface area contributed by atoms with Crippen LogP contribution in [0.15, 0.2) is 18.2 Å². The van der Waals surface area contributed by atoms with Crippen molar-refractivity contribution in [2.75, 3.05) is 30.2 Å². The van der Waals surface area contributed by atoms with E-state index in [1.54, 1.807) is 18.9 Å². The van der Waals surface area contributed by atoms with Crippen LogP contribution in [0, 0.1) is 0 Å². The summed E-state index contributed by atoms with van der Waals surface area (Å²) in [6, 6.07) is 5.91. The number of ether oxygens (including phenoxy) is 1. The lowest BCUT2D eigenvalue weighted by Crippen LogP contribution is -2.44. The van der Waals surface area contributed by atoms with E-state index >= 15 is 0 Å². The summed E-state index contributed by atoms with van der Waals surface area (Å²) in [5.41, 5.74) is 2.24. The normalized spacial score (nSPS) is 22.1. The Morgan fingerprint density at radius 2 is 2.44 bits per heavy atom. The number of nitrogens with zero attached hydrogens (tertiary/aromatic N) is 1. The average Bonchev–Trinajstić information content (AvgIpc) is 3.06. The molecule has 1 atom stereocenters. The number of thioether (sulfide) groups is 1. The molecule has 0 aliphatic carbocycles. The van der Waals surface area contributed by atoms with E-state index in [0.29, 0.717) is 0 Å². The van der Waals surface area contributed by atoms with Crippen molar-refractivity contribution in [2.45, 2.75) is 12.5 Å². The summed E-state index contributed by atoms with van der Waals surface area (Å²) >= 11 is 1.78. The van der Waals surface area contributed by atoms with Crippen molar-refractivity contribution in [3.63, 3.8) is 0 Å². The Morgan fingerprint density at radius 1 is 1.56 bits per heavy atom. The van der Waals surface area contributed by atoms with E-state index in [4.69, 9.17) is 4.74 Å². The number of carbonyl (C=O) groups is 1. The largest absolute Gasteiger partial charge is 0.497 e. The third-order valence-electron chi connectivity index (χ3n) is 3.46. The fourth-order valence-electron chi connectivity index (χ4n) is 2.48. The highest BCUT2D eigenvalue weighted by atomic mass is 32.2. The molecule has 18 heavy (non-hydrogen) atoms. The van der Waals surface area contributed by atoms with Gasteiger partial charge in [-0.25, -0.2) is 0 Å². The Balaban J connectivity index is 1.83. The van der Waals surface area contributed by atoms with Gasteiger partial charge in [-0.15, -0.1) is 11.8 Å². The van der Waals surface area contributed by atoms with Crippen molar-refractivity contribution in [2.24, 2.45) is 0 Å². The highest BCUT2D eigenvalue weighted by molar-refractivity contribution is 7.99. The van der Waals surface area contributed by atoms with Crippen LogP contribution in [0.3, 0.4) is 0 Å². The number of rotatable bonds is 2. The maximum Gasteiger partial charge on any atom is 0.245 e. The predicted octanol–water partition coefficient (Wildman–Crippen LogP) is 1.25. The van der Waals surface area contributed by atoms with Crippen LogP contribution in [-0.4, -0.2) is 37.2 Å². The van der Waals surface area contributed by atoms with Gasteiger partial charge in [0.05, 0.1) is 13.2 Å². The van der Waals surface area contributed by atoms with Crippen molar-refractivity contribution < 1.29 is 9.53 Å². The Labute approximate surface area is 111 Å². The fraction of sp³-hybridized carbons (Fsp3) is 0.462. The maximum absolute atomic E-state index is 12.4. The zero-order valence-corrected chi connectivity index (χ0v) is 11.1. The summed E-state index contributed by atoms with van der Waals surface area (Å²) < 4.78 is 5.22. The molecule has 0 spiro atoms. The van der Waals surface area contributed by atoms with Gasteiger partial charge in [-0.2, -0.15) is 0 Å². The first-order valence-corrected chi connectivity index (χ1v) is 7.24. The number of amides is 1. The third-order valence-corrected chi connectivity index (χ3v) is 4.40. The molecular weight excluding hydrogens is 248 g/mol. The van der Waals surface area contributed by atoms with E-state index in [1.807, 2.05) is 23.1 Å². The highest BCUT2D eigenvalue weighted by Crippen LogP contribution is 2.32. The zero-order chi connectivity index (χ0) is 12.5. The molecule has 0 bridgehead atoms. The van der Waals surface area contributed by atoms with Crippen LogP contribution < -0.4 is 15.0 Å². The van der Waals surface area contributed by atoms with Crippen molar-refractivity contribution in [3.8, 4) is 5.75 Å². The molecule has 2 aliphatic rings. The Bertz CT molecular complexity index is 472. The molecule has 96 valence electrons. The molecule has 1 N–H and O–H groups in total. The van der Waals surface area contributed by atoms with Crippen molar-refractivity contribution in [1.82, 2.24) is 5.32 Å². The van der Waals surface area contributed by atoms with Gasteiger partial charge in [0, 0.05) is 23.9 Å². The lowest BCUT2D eigenvalue weighted by Gasteiger charge is -2.21. The lowest BCUT2D eigenvalue weighted by molar-refractivity contribution is -0.119. The first kappa shape index (κ1) is 11.9. The average molecular weight is 264 g/mol. The number of hydrogen-bond donors (Lipinski definition) is 1. The quantitative estimate of drug-likeness (QED) is 0.873. The van der Waals surface area contributed by atoms with Gasteiger partial charge in [0.25, 0.3) is 0 Å². The van der Waals surface area contributed by atoms with Crippen molar-refractivity contribution in [1.29, 1.82) is 0 Å². The van der Waals surface area contributed by atoms with Crippen molar-refractivity contribution in [3.05, 3.63) is 23.8 Å². The van der Waals surface area contributed by atoms with Crippen LogP contribution in [0.4, 0.5) is 5.69 Å². The number of nitrogens with one attached hydrogen (secondary N) is 1. The van der Waals surface area contributed by atoms with Gasteiger partial charge in [0.2, 0.25) is 5.91 Å². The van der Waals surface area contributed by atoms with Gasteiger partial charge >= 0.3 is 0 Å². The third kappa shape index (κ3) is 1.97. The molecule has 2 aliphatic heterocycles. The van der Waals surface area contributed by atoms with Crippen LogP contribution >= 0.6 is 11.8 Å². The molecule has 4 nitrogen and oxygen atoms in total. The second-order valence-electron chi connectivity index (χ2n) is 4.51. The molecule has 1 aromatic carbocycles. The number of carbonyl (C=O) groups excluding carboxylic acids is 1. The number of fused-ring (bicyclic) bond motifs is 1. The van der Waals surface area contributed by atoms with Gasteiger partial charge in [-0.05, 0) is 30.2 Å². The first-order valence-electron chi connectivity index (χ1n) is 6.09. The summed E-state index contributed by atoms with van der Waals surface area (Å²) in [5, 5.41) is 3.23. The molecule has 1 saturated heterocycles. The minimum Gasteiger partial charge on any atom is -0.497 e. The second-order valence-corrected chi connectivity index (χ2v) is 5.54. The monoisotopic (exact) mass is 264 g/mol. The number of hydrogen-bond acceptors (Lipinski definition) is 4. The van der Waals surface area contributed by atoms with Gasteiger partial charge in [0.1, 0.15) is 5.75 Å². The SMILES string of the molecule is COc1ccc2c(c1)CCN2C(=O)C1CSCN1. The smallest absolute Gasteiger partial charge is 0.245 e. The second kappa shape index (κ2) is 4.82. The van der Waals surface area contributed by atoms with E-state index in [-0.39, 0.29) is 11.9 Å². The number of anilines is 1. The molecule has 0 saturated carbocycles. The van der Waals surface area contributed by atoms with E-state index in [1.165, 1.54) is 5.56 Å². The van der Waals surface area contributed by atoms with Crippen LogP contribution in [0.2, 0.25) is 0 Å². The lowest BCUT2D eigenvalue weighted by atomic mass is 10.1. The van der Waals surface area contributed by atoms with Crippen LogP contribution in [0.5, 0.6) is 5.75 Å². The molecular formula is C13H16N2O2S. The maximum atomic E-state index is 12.4.